The molecule has 4 atom stereocenters. The lowest BCUT2D eigenvalue weighted by atomic mass is 9.61. The van der Waals surface area contributed by atoms with Gasteiger partial charge in [-0.05, 0) is 143 Å². The van der Waals surface area contributed by atoms with Crippen molar-refractivity contribution in [2.75, 3.05) is 13.2 Å². The van der Waals surface area contributed by atoms with E-state index in [2.05, 4.69) is 30.8 Å². The van der Waals surface area contributed by atoms with Crippen LogP contribution in [0.5, 0.6) is 11.5 Å². The van der Waals surface area contributed by atoms with E-state index in [1.54, 1.807) is 6.92 Å². The third-order valence-electron chi connectivity index (χ3n) is 10.1. The second kappa shape index (κ2) is 13.3. The zero-order valence-corrected chi connectivity index (χ0v) is 23.7. The molecule has 39 heavy (non-hydrogen) atoms. The number of hydrogen-bond acceptors (Lipinski definition) is 2. The Bertz CT molecular complexity index is 1070. The van der Waals surface area contributed by atoms with Gasteiger partial charge in [-0.1, -0.05) is 30.3 Å². The smallest absolute Gasteiger partial charge is 0.204 e. The molecule has 0 saturated heterocycles. The Morgan fingerprint density at radius 1 is 0.744 bits per heavy atom. The molecular formula is C35H46F2O2. The normalized spacial score (nSPS) is 28.9. The first-order valence-corrected chi connectivity index (χ1v) is 15.5. The fourth-order valence-electron chi connectivity index (χ4n) is 7.85. The van der Waals surface area contributed by atoms with Gasteiger partial charge < -0.3 is 9.47 Å². The van der Waals surface area contributed by atoms with Crippen molar-refractivity contribution in [3.05, 3.63) is 71.8 Å². The maximum absolute atomic E-state index is 14.4. The molecule has 4 unspecified atom stereocenters. The van der Waals surface area contributed by atoms with Crippen molar-refractivity contribution in [1.29, 1.82) is 0 Å². The van der Waals surface area contributed by atoms with E-state index in [0.717, 1.165) is 55.3 Å². The van der Waals surface area contributed by atoms with Crippen LogP contribution in [0, 0.1) is 41.2 Å². The van der Waals surface area contributed by atoms with Gasteiger partial charge in [-0.3, -0.25) is 0 Å². The predicted octanol–water partition coefficient (Wildman–Crippen LogP) is 9.67. The van der Waals surface area contributed by atoms with Crippen molar-refractivity contribution in [1.82, 2.24) is 0 Å². The van der Waals surface area contributed by atoms with Gasteiger partial charge in [-0.25, -0.2) is 0 Å². The van der Waals surface area contributed by atoms with Crippen molar-refractivity contribution < 1.29 is 18.3 Å². The quantitative estimate of drug-likeness (QED) is 0.281. The van der Waals surface area contributed by atoms with Crippen molar-refractivity contribution in [3.63, 3.8) is 0 Å². The molecule has 0 bridgehead atoms. The molecule has 4 heteroatoms. The molecule has 3 aliphatic carbocycles. The Morgan fingerprint density at radius 3 is 2.00 bits per heavy atom. The van der Waals surface area contributed by atoms with Crippen LogP contribution >= 0.6 is 0 Å². The van der Waals surface area contributed by atoms with Crippen LogP contribution in [0.3, 0.4) is 0 Å². The Labute approximate surface area is 234 Å². The Balaban J connectivity index is 1.06. The molecule has 0 radical (unpaired) electrons. The Kier molecular flexibility index (Phi) is 9.63. The van der Waals surface area contributed by atoms with Crippen LogP contribution in [0.2, 0.25) is 0 Å². The molecule has 2 aromatic carbocycles. The molecule has 212 valence electrons. The number of fused-ring (bicyclic) bond motifs is 1. The van der Waals surface area contributed by atoms with Gasteiger partial charge in [-0.2, -0.15) is 8.78 Å². The molecule has 2 nitrogen and oxygen atoms in total. The summed E-state index contributed by atoms with van der Waals surface area (Å²) in [5, 5.41) is 0. The number of halogens is 2. The van der Waals surface area contributed by atoms with E-state index in [1.165, 1.54) is 74.6 Å². The summed E-state index contributed by atoms with van der Waals surface area (Å²) < 4.78 is 39.6. The molecule has 0 heterocycles. The summed E-state index contributed by atoms with van der Waals surface area (Å²) in [5.74, 6) is 2.60. The maximum Gasteiger partial charge on any atom is 0.204 e. The number of ether oxygens (including phenoxy) is 2. The van der Waals surface area contributed by atoms with E-state index >= 15 is 0 Å². The molecule has 0 aliphatic heterocycles. The summed E-state index contributed by atoms with van der Waals surface area (Å²) in [6.45, 7) is 6.36. The van der Waals surface area contributed by atoms with Crippen LogP contribution in [-0.4, -0.2) is 13.2 Å². The molecule has 0 aromatic heterocycles. The third kappa shape index (κ3) is 6.87. The van der Waals surface area contributed by atoms with Crippen LogP contribution in [0.1, 0.15) is 94.6 Å². The highest BCUT2D eigenvalue weighted by Crippen LogP contribution is 2.50. The molecule has 5 rings (SSSR count). The van der Waals surface area contributed by atoms with Crippen LogP contribution in [0.25, 0.3) is 0 Å². The first-order valence-electron chi connectivity index (χ1n) is 15.5. The average Bonchev–Trinajstić information content (AvgIpc) is 2.98. The van der Waals surface area contributed by atoms with E-state index < -0.39 is 11.6 Å². The summed E-state index contributed by atoms with van der Waals surface area (Å²) in [7, 11) is 0. The van der Waals surface area contributed by atoms with Gasteiger partial charge in [0.2, 0.25) is 11.6 Å². The Morgan fingerprint density at radius 2 is 1.33 bits per heavy atom. The SMILES string of the molecule is C=CCCc1ccc(C2CCC(C3CCC4CC(COc5ccc(OCC)c(F)c5F)CCC4C3)CC2)cc1. The molecule has 3 aliphatic rings. The fraction of sp³-hybridized carbons (Fsp3) is 0.600. The van der Waals surface area contributed by atoms with Gasteiger partial charge in [0.15, 0.2) is 11.5 Å². The minimum Gasteiger partial charge on any atom is -0.491 e. The lowest BCUT2D eigenvalue weighted by molar-refractivity contribution is 0.0508. The summed E-state index contributed by atoms with van der Waals surface area (Å²) in [5.41, 5.74) is 2.95. The summed E-state index contributed by atoms with van der Waals surface area (Å²) in [6, 6.07) is 12.3. The number of aryl methyl sites for hydroxylation is 1. The highest BCUT2D eigenvalue weighted by atomic mass is 19.2. The zero-order chi connectivity index (χ0) is 27.2. The number of rotatable bonds is 10. The fourth-order valence-corrected chi connectivity index (χ4v) is 7.85. The lowest BCUT2D eigenvalue weighted by Gasteiger charge is -2.45. The first-order chi connectivity index (χ1) is 19.1. The topological polar surface area (TPSA) is 18.5 Å². The van der Waals surface area contributed by atoms with E-state index in [9.17, 15) is 8.78 Å². The third-order valence-corrected chi connectivity index (χ3v) is 10.1. The molecule has 0 amide bonds. The standard InChI is InChI=1S/C35H46F2O2/c1-3-5-6-24-7-10-26(11-8-24)27-13-15-28(16-14-27)30-18-17-29-21-25(9-12-31(29)22-30)23-39-33-20-19-32(38-4-2)34(36)35(33)37/h3,7-8,10-11,19-20,25,27-31H,1,4-6,9,12-18,21-23H2,2H3. The van der Waals surface area contributed by atoms with Gasteiger partial charge in [0.25, 0.3) is 0 Å². The molecule has 3 fully saturated rings. The molecule has 0 spiro atoms. The van der Waals surface area contributed by atoms with Crippen molar-refractivity contribution in [3.8, 4) is 11.5 Å². The molecule has 3 saturated carbocycles. The molecular weight excluding hydrogens is 490 g/mol. The van der Waals surface area contributed by atoms with E-state index in [1.807, 2.05) is 6.08 Å². The number of allylic oxidation sites excluding steroid dienone is 1. The summed E-state index contributed by atoms with van der Waals surface area (Å²) >= 11 is 0. The molecule has 2 aromatic rings. The van der Waals surface area contributed by atoms with E-state index in [4.69, 9.17) is 9.47 Å². The van der Waals surface area contributed by atoms with Crippen molar-refractivity contribution >= 4 is 0 Å². The Hall–Kier alpha value is -2.36. The largest absolute Gasteiger partial charge is 0.491 e. The zero-order valence-electron chi connectivity index (χ0n) is 23.7. The maximum atomic E-state index is 14.4. The first kappa shape index (κ1) is 28.2. The average molecular weight is 537 g/mol. The van der Waals surface area contributed by atoms with Gasteiger partial charge in [-0.15, -0.1) is 6.58 Å². The minimum absolute atomic E-state index is 0.000949. The lowest BCUT2D eigenvalue weighted by Crippen LogP contribution is -2.35. The van der Waals surface area contributed by atoms with Crippen LogP contribution in [-0.2, 0) is 6.42 Å². The summed E-state index contributed by atoms with van der Waals surface area (Å²) in [6.07, 6.45) is 17.2. The van der Waals surface area contributed by atoms with Crippen molar-refractivity contribution in [2.45, 2.75) is 89.9 Å². The van der Waals surface area contributed by atoms with Gasteiger partial charge >= 0.3 is 0 Å². The van der Waals surface area contributed by atoms with E-state index in [0.29, 0.717) is 19.1 Å². The monoisotopic (exact) mass is 536 g/mol. The van der Waals surface area contributed by atoms with E-state index in [-0.39, 0.29) is 11.5 Å². The molecule has 0 N–H and O–H groups in total. The predicted molar refractivity (Wildman–Crippen MR) is 154 cm³/mol. The highest BCUT2D eigenvalue weighted by Gasteiger charge is 2.39. The van der Waals surface area contributed by atoms with Crippen molar-refractivity contribution in [2.24, 2.45) is 29.6 Å². The van der Waals surface area contributed by atoms with Gasteiger partial charge in [0, 0.05) is 0 Å². The minimum atomic E-state index is -0.956. The van der Waals surface area contributed by atoms with Crippen LogP contribution < -0.4 is 9.47 Å². The second-order valence-corrected chi connectivity index (χ2v) is 12.4. The van der Waals surface area contributed by atoms with Crippen LogP contribution in [0.4, 0.5) is 8.78 Å². The number of hydrogen-bond donors (Lipinski definition) is 0. The second-order valence-electron chi connectivity index (χ2n) is 12.4. The number of benzene rings is 2. The van der Waals surface area contributed by atoms with Crippen LogP contribution in [0.15, 0.2) is 49.1 Å². The van der Waals surface area contributed by atoms with Gasteiger partial charge in [0.05, 0.1) is 13.2 Å². The van der Waals surface area contributed by atoms with Gasteiger partial charge in [0.1, 0.15) is 0 Å². The highest BCUT2D eigenvalue weighted by molar-refractivity contribution is 5.35. The summed E-state index contributed by atoms with van der Waals surface area (Å²) in [4.78, 5) is 0.